The summed E-state index contributed by atoms with van der Waals surface area (Å²) in [4.78, 5) is 23.8. The number of carbonyl (C=O) groups is 2. The Morgan fingerprint density at radius 3 is 1.24 bits per heavy atom. The molecule has 0 atom stereocenters. The molecule has 0 bridgehead atoms. The number of benzene rings is 3. The number of nitrogens with zero attached hydrogens (tertiary/aromatic N) is 4. The number of rotatable bonds is 12. The van der Waals surface area contributed by atoms with Crippen molar-refractivity contribution in [2.45, 2.75) is 23.6 Å². The van der Waals surface area contributed by atoms with E-state index in [4.69, 9.17) is 18.9 Å². The van der Waals surface area contributed by atoms with Crippen molar-refractivity contribution >= 4 is 43.3 Å². The number of ether oxygens (including phenoxy) is 4. The monoisotopic (exact) mass is 720 g/mol. The normalized spacial score (nSPS) is 10.7. The number of aryl methyl sites for hydroxylation is 2. The van der Waals surface area contributed by atoms with Gasteiger partial charge in [-0.1, -0.05) is 12.1 Å². The smallest absolute Gasteiger partial charge is 0.339 e. The summed E-state index contributed by atoms with van der Waals surface area (Å²) in [6.45, 7) is 1.20. The van der Waals surface area contributed by atoms with Crippen molar-refractivity contribution < 1.29 is 54.5 Å². The van der Waals surface area contributed by atoms with Crippen molar-refractivity contribution in [1.29, 1.82) is 21.0 Å². The minimum Gasteiger partial charge on any atom is -0.489 e. The fourth-order valence-corrected chi connectivity index (χ4v) is 5.76. The van der Waals surface area contributed by atoms with Gasteiger partial charge in [-0.15, -0.1) is 0 Å². The molecule has 3 rings (SSSR count). The molecule has 0 radical (unpaired) electrons. The van der Waals surface area contributed by atoms with Gasteiger partial charge in [0.25, 0.3) is 20.2 Å². The Bertz CT molecular complexity index is 2200. The predicted octanol–water partition coefficient (Wildman–Crippen LogP) is 1.66. The van der Waals surface area contributed by atoms with Gasteiger partial charge in [0.1, 0.15) is 83.1 Å². The average molecular weight is 721 g/mol. The highest BCUT2D eigenvalue weighted by molar-refractivity contribution is 7.86. The van der Waals surface area contributed by atoms with Crippen LogP contribution >= 0.6 is 0 Å². The highest BCUT2D eigenvalue weighted by Gasteiger charge is 2.23. The summed E-state index contributed by atoms with van der Waals surface area (Å²) < 4.78 is 87.3. The minimum absolute atomic E-state index is 0.169. The van der Waals surface area contributed by atoms with Crippen LogP contribution in [0.25, 0.3) is 11.1 Å². The summed E-state index contributed by atoms with van der Waals surface area (Å²) in [5.74, 6) is -2.67. The first-order valence-corrected chi connectivity index (χ1v) is 16.7. The van der Waals surface area contributed by atoms with Gasteiger partial charge in [0.2, 0.25) is 0 Å². The zero-order valence-corrected chi connectivity index (χ0v) is 27.7. The van der Waals surface area contributed by atoms with Crippen LogP contribution in [0.5, 0.6) is 11.5 Å². The van der Waals surface area contributed by atoms with Crippen LogP contribution in [0.3, 0.4) is 0 Å². The molecule has 0 amide bonds. The number of esters is 2. The molecule has 0 fully saturated rings. The third-order valence-corrected chi connectivity index (χ3v) is 8.27. The molecule has 3 aromatic rings. The van der Waals surface area contributed by atoms with E-state index in [9.17, 15) is 56.6 Å². The lowest BCUT2D eigenvalue weighted by Crippen LogP contribution is -2.23. The first-order chi connectivity index (χ1) is 23.5. The second-order valence-corrected chi connectivity index (χ2v) is 12.7. The van der Waals surface area contributed by atoms with Crippen molar-refractivity contribution in [2.24, 2.45) is 0 Å². The van der Waals surface area contributed by atoms with E-state index in [1.165, 1.54) is 12.1 Å². The van der Waals surface area contributed by atoms with Crippen molar-refractivity contribution in [3.63, 3.8) is 0 Å². The zero-order valence-electron chi connectivity index (χ0n) is 26.0. The summed E-state index contributed by atoms with van der Waals surface area (Å²) in [5, 5.41) is 37.9. The molecule has 50 heavy (non-hydrogen) atoms. The van der Waals surface area contributed by atoms with Gasteiger partial charge in [0, 0.05) is 10.4 Å². The topological polar surface area (TPSA) is 275 Å². The molecule has 256 valence electrons. The van der Waals surface area contributed by atoms with E-state index in [1.54, 1.807) is 38.1 Å². The van der Waals surface area contributed by atoms with Crippen LogP contribution in [-0.4, -0.2) is 64.3 Å². The molecule has 0 heterocycles. The molecule has 0 saturated carbocycles. The van der Waals surface area contributed by atoms with Gasteiger partial charge < -0.3 is 18.9 Å². The van der Waals surface area contributed by atoms with Gasteiger partial charge in [0.15, 0.2) is 0 Å². The van der Waals surface area contributed by atoms with Crippen LogP contribution in [0.1, 0.15) is 31.8 Å². The first kappa shape index (κ1) is 38.2. The molecule has 0 aliphatic carbocycles. The zero-order chi connectivity index (χ0) is 37.2. The third kappa shape index (κ3) is 9.41. The van der Waals surface area contributed by atoms with Crippen LogP contribution in [0.15, 0.2) is 58.3 Å². The fraction of sp³-hybridized carbons (Fsp3) is 0.188. The maximum atomic E-state index is 12.6. The Hall–Kier alpha value is -6.28. The molecular formula is C32H24N4O12S2. The summed E-state index contributed by atoms with van der Waals surface area (Å²) in [6, 6.07) is 16.2. The molecule has 18 heteroatoms. The quantitative estimate of drug-likeness (QED) is 0.153. The molecule has 2 N–H and O–H groups in total. The van der Waals surface area contributed by atoms with Gasteiger partial charge in [-0.3, -0.25) is 9.11 Å². The molecule has 3 aromatic carbocycles. The Morgan fingerprint density at radius 1 is 0.600 bits per heavy atom. The molecule has 0 unspecified atom stereocenters. The van der Waals surface area contributed by atoms with Crippen molar-refractivity contribution in [3.8, 4) is 35.8 Å². The van der Waals surface area contributed by atoms with E-state index in [1.807, 2.05) is 0 Å². The number of nitriles is 4. The standard InChI is InChI=1S/C32H24N4O12S2/c1-19-3-5-23(29(11-19)49(39,40)41)31(37)47-9-7-45-27-13-26(22(17-35)18-36)28(14-25(27)21(15-33)16-34)46-8-10-48-32(38)24-6-4-20(2)12-30(24)50(42,43)44/h3-6,11-14H,7-10H2,1-2H3,(H,39,40,41)(H,42,43,44). The fourth-order valence-electron chi connectivity index (χ4n) is 4.23. The van der Waals surface area contributed by atoms with E-state index in [0.29, 0.717) is 11.1 Å². The first-order valence-electron chi connectivity index (χ1n) is 13.8. The van der Waals surface area contributed by atoms with Crippen LogP contribution in [0.4, 0.5) is 0 Å². The average Bonchev–Trinajstić information content (AvgIpc) is 3.06. The SMILES string of the molecule is Cc1ccc(C(=O)OCCOc2cc(=C(C#N)C#N)c(OCCOC(=O)c3ccc(C)cc3S(=O)(=O)O)cc2=C(C#N)C#N)c(S(=O)(=O)O)c1. The number of hydrogen-bond donors (Lipinski definition) is 2. The summed E-state index contributed by atoms with van der Waals surface area (Å²) in [7, 11) is -9.54. The Morgan fingerprint density at radius 2 is 0.940 bits per heavy atom. The van der Waals surface area contributed by atoms with Gasteiger partial charge in [-0.2, -0.15) is 37.9 Å². The molecule has 0 spiro atoms. The lowest BCUT2D eigenvalue weighted by atomic mass is 10.1. The molecular weight excluding hydrogens is 697 g/mol. The molecule has 16 nitrogen and oxygen atoms in total. The van der Waals surface area contributed by atoms with Crippen LogP contribution in [0, 0.1) is 59.2 Å². The predicted molar refractivity (Wildman–Crippen MR) is 169 cm³/mol. The maximum absolute atomic E-state index is 12.6. The van der Waals surface area contributed by atoms with Gasteiger partial charge in [-0.05, 0) is 61.4 Å². The Kier molecular flexibility index (Phi) is 12.4. The van der Waals surface area contributed by atoms with Crippen LogP contribution in [0.2, 0.25) is 0 Å². The third-order valence-electron chi connectivity index (χ3n) is 6.49. The summed E-state index contributed by atoms with van der Waals surface area (Å²) >= 11 is 0. The Labute approximate surface area is 285 Å². The number of hydrogen-bond acceptors (Lipinski definition) is 14. The second-order valence-electron chi connectivity index (χ2n) is 9.96. The second kappa shape index (κ2) is 16.2. The summed E-state index contributed by atoms with van der Waals surface area (Å²) in [6.07, 6.45) is 0. The lowest BCUT2D eigenvalue weighted by Gasteiger charge is -2.13. The minimum atomic E-state index is -4.77. The van der Waals surface area contributed by atoms with Crippen molar-refractivity contribution in [1.82, 2.24) is 0 Å². The van der Waals surface area contributed by atoms with Crippen molar-refractivity contribution in [3.05, 3.63) is 81.2 Å². The van der Waals surface area contributed by atoms with E-state index >= 15 is 0 Å². The van der Waals surface area contributed by atoms with E-state index in [-0.39, 0.29) is 21.9 Å². The van der Waals surface area contributed by atoms with E-state index < -0.39 is 90.7 Å². The lowest BCUT2D eigenvalue weighted by molar-refractivity contribution is 0.0435. The van der Waals surface area contributed by atoms with E-state index in [0.717, 1.165) is 36.4 Å². The highest BCUT2D eigenvalue weighted by Crippen LogP contribution is 2.20. The van der Waals surface area contributed by atoms with Crippen LogP contribution in [-0.2, 0) is 29.7 Å². The molecule has 0 aliphatic rings. The van der Waals surface area contributed by atoms with E-state index in [2.05, 4.69) is 0 Å². The molecule has 0 aromatic heterocycles. The Balaban J connectivity index is 1.87. The molecule has 0 saturated heterocycles. The maximum Gasteiger partial charge on any atom is 0.339 e. The summed E-state index contributed by atoms with van der Waals surface area (Å²) in [5.41, 5.74) is -0.997. The van der Waals surface area contributed by atoms with Crippen molar-refractivity contribution in [2.75, 3.05) is 26.4 Å². The van der Waals surface area contributed by atoms with Gasteiger partial charge >= 0.3 is 11.9 Å². The number of carbonyl (C=O) groups excluding carboxylic acids is 2. The van der Waals surface area contributed by atoms with Gasteiger partial charge in [0.05, 0.1) is 11.1 Å². The highest BCUT2D eigenvalue weighted by atomic mass is 32.2. The largest absolute Gasteiger partial charge is 0.489 e. The molecule has 0 aliphatic heterocycles. The van der Waals surface area contributed by atoms with Gasteiger partial charge in [-0.25, -0.2) is 9.59 Å². The van der Waals surface area contributed by atoms with Crippen LogP contribution < -0.4 is 19.9 Å².